The SMILES string of the molecule is CCC(CC#N)NC1CC1. The van der Waals surface area contributed by atoms with Crippen molar-refractivity contribution in [2.24, 2.45) is 0 Å². The third kappa shape index (κ3) is 2.36. The second-order valence-electron chi connectivity index (χ2n) is 2.91. The van der Waals surface area contributed by atoms with Gasteiger partial charge in [0, 0.05) is 12.1 Å². The van der Waals surface area contributed by atoms with Crippen LogP contribution in [-0.2, 0) is 0 Å². The summed E-state index contributed by atoms with van der Waals surface area (Å²) in [5.74, 6) is 0. The molecule has 10 heavy (non-hydrogen) atoms. The maximum Gasteiger partial charge on any atom is 0.0638 e. The quantitative estimate of drug-likeness (QED) is 0.638. The van der Waals surface area contributed by atoms with Crippen molar-refractivity contribution in [3.63, 3.8) is 0 Å². The molecule has 1 N–H and O–H groups in total. The van der Waals surface area contributed by atoms with Crippen LogP contribution in [0.15, 0.2) is 0 Å². The van der Waals surface area contributed by atoms with E-state index in [1.807, 2.05) is 0 Å². The zero-order valence-electron chi connectivity index (χ0n) is 6.43. The molecule has 0 radical (unpaired) electrons. The largest absolute Gasteiger partial charge is 0.310 e. The Hall–Kier alpha value is -0.550. The lowest BCUT2D eigenvalue weighted by Gasteiger charge is -2.11. The molecule has 1 saturated carbocycles. The van der Waals surface area contributed by atoms with Gasteiger partial charge in [-0.2, -0.15) is 5.26 Å². The van der Waals surface area contributed by atoms with Crippen molar-refractivity contribution in [2.45, 2.75) is 44.7 Å². The summed E-state index contributed by atoms with van der Waals surface area (Å²) < 4.78 is 0. The molecule has 1 atom stereocenters. The summed E-state index contributed by atoms with van der Waals surface area (Å²) in [6, 6.07) is 3.37. The minimum atomic E-state index is 0.442. The van der Waals surface area contributed by atoms with Gasteiger partial charge in [-0.15, -0.1) is 0 Å². The molecule has 2 heteroatoms. The summed E-state index contributed by atoms with van der Waals surface area (Å²) >= 11 is 0. The Morgan fingerprint density at radius 1 is 1.70 bits per heavy atom. The van der Waals surface area contributed by atoms with Crippen LogP contribution in [0.2, 0.25) is 0 Å². The van der Waals surface area contributed by atoms with Gasteiger partial charge in [0.2, 0.25) is 0 Å². The molecular weight excluding hydrogens is 124 g/mol. The zero-order chi connectivity index (χ0) is 7.40. The van der Waals surface area contributed by atoms with Crippen LogP contribution >= 0.6 is 0 Å². The van der Waals surface area contributed by atoms with Crippen LogP contribution in [0.25, 0.3) is 0 Å². The molecule has 0 spiro atoms. The van der Waals surface area contributed by atoms with E-state index in [0.717, 1.165) is 12.5 Å². The molecule has 0 saturated heterocycles. The second-order valence-corrected chi connectivity index (χ2v) is 2.91. The molecule has 1 fully saturated rings. The van der Waals surface area contributed by atoms with Crippen molar-refractivity contribution in [1.29, 1.82) is 5.26 Å². The van der Waals surface area contributed by atoms with Crippen molar-refractivity contribution >= 4 is 0 Å². The van der Waals surface area contributed by atoms with E-state index >= 15 is 0 Å². The number of nitrogens with zero attached hydrogens (tertiary/aromatic N) is 1. The molecule has 0 amide bonds. The summed E-state index contributed by atoms with van der Waals surface area (Å²) in [6.45, 7) is 2.12. The Kier molecular flexibility index (Phi) is 2.70. The van der Waals surface area contributed by atoms with Gasteiger partial charge in [-0.05, 0) is 19.3 Å². The number of hydrogen-bond acceptors (Lipinski definition) is 2. The highest BCUT2D eigenvalue weighted by Gasteiger charge is 2.23. The smallest absolute Gasteiger partial charge is 0.0638 e. The van der Waals surface area contributed by atoms with Crippen molar-refractivity contribution < 1.29 is 0 Å². The average molecular weight is 138 g/mol. The molecule has 56 valence electrons. The zero-order valence-corrected chi connectivity index (χ0v) is 6.43. The Balaban J connectivity index is 2.12. The van der Waals surface area contributed by atoms with Crippen LogP contribution in [0, 0.1) is 11.3 Å². The van der Waals surface area contributed by atoms with E-state index in [1.165, 1.54) is 12.8 Å². The number of rotatable bonds is 4. The van der Waals surface area contributed by atoms with Gasteiger partial charge in [-0.3, -0.25) is 0 Å². The van der Waals surface area contributed by atoms with Gasteiger partial charge in [-0.1, -0.05) is 6.92 Å². The molecule has 0 aromatic heterocycles. The standard InChI is InChI=1S/C8H14N2/c1-2-7(5-6-9)10-8-3-4-8/h7-8,10H,2-5H2,1H3. The van der Waals surface area contributed by atoms with Crippen LogP contribution in [0.1, 0.15) is 32.6 Å². The number of nitrogens with one attached hydrogen (secondary N) is 1. The Morgan fingerprint density at radius 3 is 2.80 bits per heavy atom. The lowest BCUT2D eigenvalue weighted by Crippen LogP contribution is -2.29. The summed E-state index contributed by atoms with van der Waals surface area (Å²) in [4.78, 5) is 0. The van der Waals surface area contributed by atoms with Gasteiger partial charge < -0.3 is 5.32 Å². The van der Waals surface area contributed by atoms with E-state index in [2.05, 4.69) is 18.3 Å². The molecule has 1 rings (SSSR count). The van der Waals surface area contributed by atoms with Crippen LogP contribution in [0.4, 0.5) is 0 Å². The molecule has 0 aliphatic heterocycles. The van der Waals surface area contributed by atoms with Crippen LogP contribution in [0.3, 0.4) is 0 Å². The highest BCUT2D eigenvalue weighted by atomic mass is 15.0. The van der Waals surface area contributed by atoms with Crippen LogP contribution < -0.4 is 5.32 Å². The normalized spacial score (nSPS) is 20.0. The highest BCUT2D eigenvalue weighted by molar-refractivity contribution is 4.88. The third-order valence-corrected chi connectivity index (χ3v) is 1.88. The van der Waals surface area contributed by atoms with Gasteiger partial charge in [0.05, 0.1) is 12.5 Å². The Bertz CT molecular complexity index is 133. The van der Waals surface area contributed by atoms with Crippen LogP contribution in [-0.4, -0.2) is 12.1 Å². The van der Waals surface area contributed by atoms with E-state index in [0.29, 0.717) is 12.5 Å². The Morgan fingerprint density at radius 2 is 2.40 bits per heavy atom. The average Bonchev–Trinajstić information content (AvgIpc) is 2.71. The lowest BCUT2D eigenvalue weighted by atomic mass is 10.2. The summed E-state index contributed by atoms with van der Waals surface area (Å²) in [6.07, 6.45) is 4.35. The second kappa shape index (κ2) is 3.58. The maximum atomic E-state index is 8.41. The number of nitriles is 1. The summed E-state index contributed by atoms with van der Waals surface area (Å²) in [5.41, 5.74) is 0. The summed E-state index contributed by atoms with van der Waals surface area (Å²) in [7, 11) is 0. The first-order valence-electron chi connectivity index (χ1n) is 3.99. The van der Waals surface area contributed by atoms with E-state index in [-0.39, 0.29) is 0 Å². The summed E-state index contributed by atoms with van der Waals surface area (Å²) in [5, 5.41) is 11.8. The highest BCUT2D eigenvalue weighted by Crippen LogP contribution is 2.20. The van der Waals surface area contributed by atoms with E-state index in [9.17, 15) is 0 Å². The molecule has 1 aliphatic carbocycles. The molecule has 2 nitrogen and oxygen atoms in total. The van der Waals surface area contributed by atoms with E-state index < -0.39 is 0 Å². The molecule has 1 aliphatic rings. The van der Waals surface area contributed by atoms with Gasteiger partial charge in [0.25, 0.3) is 0 Å². The lowest BCUT2D eigenvalue weighted by molar-refractivity contribution is 0.502. The fourth-order valence-corrected chi connectivity index (χ4v) is 1.01. The molecule has 1 unspecified atom stereocenters. The molecular formula is C8H14N2. The van der Waals surface area contributed by atoms with Gasteiger partial charge >= 0.3 is 0 Å². The molecule has 0 heterocycles. The van der Waals surface area contributed by atoms with E-state index in [1.54, 1.807) is 0 Å². The van der Waals surface area contributed by atoms with Gasteiger partial charge in [-0.25, -0.2) is 0 Å². The minimum Gasteiger partial charge on any atom is -0.310 e. The van der Waals surface area contributed by atoms with Crippen molar-refractivity contribution in [3.8, 4) is 6.07 Å². The first-order chi connectivity index (χ1) is 4.86. The first-order valence-corrected chi connectivity index (χ1v) is 3.99. The molecule has 0 bridgehead atoms. The number of hydrogen-bond donors (Lipinski definition) is 1. The molecule has 0 aromatic carbocycles. The van der Waals surface area contributed by atoms with Crippen molar-refractivity contribution in [3.05, 3.63) is 0 Å². The van der Waals surface area contributed by atoms with Crippen LogP contribution in [0.5, 0.6) is 0 Å². The fourth-order valence-electron chi connectivity index (χ4n) is 1.01. The maximum absolute atomic E-state index is 8.41. The molecule has 0 aromatic rings. The predicted octanol–water partition coefficient (Wildman–Crippen LogP) is 1.43. The van der Waals surface area contributed by atoms with Crippen molar-refractivity contribution in [1.82, 2.24) is 5.32 Å². The van der Waals surface area contributed by atoms with E-state index in [4.69, 9.17) is 5.26 Å². The van der Waals surface area contributed by atoms with Gasteiger partial charge in [0.15, 0.2) is 0 Å². The monoisotopic (exact) mass is 138 g/mol. The Labute approximate surface area is 62.2 Å². The predicted molar refractivity (Wildman–Crippen MR) is 40.5 cm³/mol. The third-order valence-electron chi connectivity index (χ3n) is 1.88. The fraction of sp³-hybridized carbons (Fsp3) is 0.875. The van der Waals surface area contributed by atoms with Gasteiger partial charge in [0.1, 0.15) is 0 Å². The topological polar surface area (TPSA) is 35.8 Å². The first kappa shape index (κ1) is 7.56. The van der Waals surface area contributed by atoms with Crippen molar-refractivity contribution in [2.75, 3.05) is 0 Å². The minimum absolute atomic E-state index is 0.442.